The highest BCUT2D eigenvalue weighted by atomic mass is 35.5. The predicted molar refractivity (Wildman–Crippen MR) is 87.7 cm³/mol. The Labute approximate surface area is 139 Å². The van der Waals surface area contributed by atoms with Gasteiger partial charge >= 0.3 is 0 Å². The highest BCUT2D eigenvalue weighted by Crippen LogP contribution is 2.43. The van der Waals surface area contributed by atoms with E-state index >= 15 is 0 Å². The Bertz CT molecular complexity index is 675. The third kappa shape index (κ3) is 3.00. The molecule has 5 heteroatoms. The molecule has 0 saturated heterocycles. The topological polar surface area (TPSA) is 21.3 Å². The number of hydrogen-bond acceptors (Lipinski definition) is 2. The first-order valence-electron chi connectivity index (χ1n) is 6.67. The number of ether oxygens (including phenoxy) is 1. The first-order valence-corrected chi connectivity index (χ1v) is 7.80. The van der Waals surface area contributed by atoms with E-state index < -0.39 is 0 Å². The molecule has 2 nitrogen and oxygen atoms in total. The number of fused-ring (bicyclic) bond motifs is 1. The van der Waals surface area contributed by atoms with E-state index in [2.05, 4.69) is 5.32 Å². The van der Waals surface area contributed by atoms with Gasteiger partial charge in [-0.2, -0.15) is 0 Å². The molecule has 1 aliphatic rings. The third-order valence-electron chi connectivity index (χ3n) is 3.72. The summed E-state index contributed by atoms with van der Waals surface area (Å²) in [5, 5.41) is 5.33. The average Bonchev–Trinajstić information content (AvgIpc) is 2.48. The molecule has 0 saturated carbocycles. The van der Waals surface area contributed by atoms with Crippen molar-refractivity contribution in [2.75, 3.05) is 7.05 Å². The quantitative estimate of drug-likeness (QED) is 0.785. The first kappa shape index (κ1) is 15.0. The van der Waals surface area contributed by atoms with Gasteiger partial charge in [-0.25, -0.2) is 0 Å². The van der Waals surface area contributed by atoms with Crippen LogP contribution in [-0.4, -0.2) is 7.05 Å². The fourth-order valence-electron chi connectivity index (χ4n) is 2.67. The van der Waals surface area contributed by atoms with Crippen molar-refractivity contribution in [3.63, 3.8) is 0 Å². The molecule has 2 aromatic rings. The van der Waals surface area contributed by atoms with Crippen molar-refractivity contribution in [2.45, 2.75) is 18.6 Å². The zero-order chi connectivity index (χ0) is 15.0. The molecule has 0 amide bonds. The summed E-state index contributed by atoms with van der Waals surface area (Å²) in [6.45, 7) is 0. The highest BCUT2D eigenvalue weighted by Gasteiger charge is 2.29. The zero-order valence-corrected chi connectivity index (χ0v) is 13.6. The predicted octanol–water partition coefficient (Wildman–Crippen LogP) is 5.43. The van der Waals surface area contributed by atoms with Crippen molar-refractivity contribution in [1.29, 1.82) is 0 Å². The lowest BCUT2D eigenvalue weighted by Gasteiger charge is -2.33. The second kappa shape index (κ2) is 6.05. The molecule has 0 aliphatic carbocycles. The molecule has 0 spiro atoms. The van der Waals surface area contributed by atoms with E-state index in [1.165, 1.54) is 0 Å². The van der Waals surface area contributed by atoms with Gasteiger partial charge < -0.3 is 10.1 Å². The normalized spacial score (nSPS) is 20.8. The maximum atomic E-state index is 6.29. The van der Waals surface area contributed by atoms with E-state index in [9.17, 15) is 0 Å². The van der Waals surface area contributed by atoms with Gasteiger partial charge in [-0.3, -0.25) is 0 Å². The summed E-state index contributed by atoms with van der Waals surface area (Å²) in [5.74, 6) is 0.825. The van der Waals surface area contributed by atoms with E-state index in [0.717, 1.165) is 23.3 Å². The van der Waals surface area contributed by atoms with Crippen LogP contribution < -0.4 is 10.1 Å². The average molecular weight is 343 g/mol. The Morgan fingerprint density at radius 1 is 1.00 bits per heavy atom. The number of halogens is 3. The fourth-order valence-corrected chi connectivity index (χ4v) is 3.27. The molecule has 0 aromatic heterocycles. The summed E-state index contributed by atoms with van der Waals surface area (Å²) < 4.78 is 6.10. The second-order valence-corrected chi connectivity index (χ2v) is 6.31. The summed E-state index contributed by atoms with van der Waals surface area (Å²) in [6, 6.07) is 11.3. The van der Waals surface area contributed by atoms with Crippen LogP contribution in [0.2, 0.25) is 15.1 Å². The molecule has 1 N–H and O–H groups in total. The Kier molecular flexibility index (Phi) is 4.32. The van der Waals surface area contributed by atoms with Crippen LogP contribution in [0.4, 0.5) is 0 Å². The van der Waals surface area contributed by atoms with Gasteiger partial charge in [-0.05, 0) is 43.4 Å². The summed E-state index contributed by atoms with van der Waals surface area (Å²) in [4.78, 5) is 0. The molecule has 21 heavy (non-hydrogen) atoms. The largest absolute Gasteiger partial charge is 0.485 e. The molecule has 2 atom stereocenters. The molecule has 2 aromatic carbocycles. The lowest BCUT2D eigenvalue weighted by Crippen LogP contribution is -2.26. The van der Waals surface area contributed by atoms with Gasteiger partial charge in [0.15, 0.2) is 0 Å². The summed E-state index contributed by atoms with van der Waals surface area (Å²) in [7, 11) is 1.93. The Morgan fingerprint density at radius 3 is 2.38 bits per heavy atom. The molecule has 0 fully saturated rings. The van der Waals surface area contributed by atoms with Crippen LogP contribution in [0.25, 0.3) is 0 Å². The van der Waals surface area contributed by atoms with E-state index in [4.69, 9.17) is 39.5 Å². The molecule has 3 rings (SSSR count). The molecular weight excluding hydrogens is 329 g/mol. The Balaban J connectivity index is 2.00. The maximum Gasteiger partial charge on any atom is 0.127 e. The van der Waals surface area contributed by atoms with Gasteiger partial charge in [0.1, 0.15) is 11.9 Å². The molecule has 1 aliphatic heterocycles. The maximum absolute atomic E-state index is 6.29. The number of benzene rings is 2. The molecule has 1 heterocycles. The van der Waals surface area contributed by atoms with E-state index in [1.807, 2.05) is 31.3 Å². The van der Waals surface area contributed by atoms with E-state index in [0.29, 0.717) is 15.1 Å². The molecule has 0 radical (unpaired) electrons. The van der Waals surface area contributed by atoms with Gasteiger partial charge in [0.25, 0.3) is 0 Å². The van der Waals surface area contributed by atoms with E-state index in [-0.39, 0.29) is 12.1 Å². The van der Waals surface area contributed by atoms with Crippen LogP contribution in [0.1, 0.15) is 29.7 Å². The minimum Gasteiger partial charge on any atom is -0.485 e. The number of rotatable bonds is 2. The van der Waals surface area contributed by atoms with Crippen molar-refractivity contribution in [3.05, 3.63) is 62.6 Å². The molecular formula is C16H14Cl3NO. The minimum absolute atomic E-state index is 0.137. The van der Waals surface area contributed by atoms with Crippen LogP contribution >= 0.6 is 34.8 Å². The molecule has 0 bridgehead atoms. The van der Waals surface area contributed by atoms with Gasteiger partial charge in [-0.1, -0.05) is 34.8 Å². The number of hydrogen-bond donors (Lipinski definition) is 1. The zero-order valence-electron chi connectivity index (χ0n) is 11.4. The SMILES string of the molecule is CNC1CC(c2cc(Cl)ccc2Cl)Oc2ccc(Cl)cc21. The second-order valence-electron chi connectivity index (χ2n) is 5.03. The van der Waals surface area contributed by atoms with Gasteiger partial charge in [-0.15, -0.1) is 0 Å². The lowest BCUT2D eigenvalue weighted by atomic mass is 9.93. The minimum atomic E-state index is -0.137. The monoisotopic (exact) mass is 341 g/mol. The summed E-state index contributed by atoms with van der Waals surface area (Å²) in [5.41, 5.74) is 1.98. The fraction of sp³-hybridized carbons (Fsp3) is 0.250. The van der Waals surface area contributed by atoms with Crippen molar-refractivity contribution < 1.29 is 4.74 Å². The van der Waals surface area contributed by atoms with Crippen molar-refractivity contribution in [3.8, 4) is 5.75 Å². The lowest BCUT2D eigenvalue weighted by molar-refractivity contribution is 0.154. The van der Waals surface area contributed by atoms with Crippen LogP contribution in [-0.2, 0) is 0 Å². The van der Waals surface area contributed by atoms with Crippen LogP contribution in [0.15, 0.2) is 36.4 Å². The smallest absolute Gasteiger partial charge is 0.127 e. The highest BCUT2D eigenvalue weighted by molar-refractivity contribution is 6.33. The Morgan fingerprint density at radius 2 is 1.67 bits per heavy atom. The van der Waals surface area contributed by atoms with Crippen LogP contribution in [0.5, 0.6) is 5.75 Å². The molecule has 110 valence electrons. The summed E-state index contributed by atoms with van der Waals surface area (Å²) >= 11 is 18.4. The standard InChI is InChI=1S/C16H14Cl3NO/c1-20-14-8-16(11-6-9(17)2-4-13(11)19)21-15-5-3-10(18)7-12(14)15/h2-7,14,16,20H,8H2,1H3. The number of nitrogens with one attached hydrogen (secondary N) is 1. The third-order valence-corrected chi connectivity index (χ3v) is 4.53. The van der Waals surface area contributed by atoms with Crippen molar-refractivity contribution in [2.24, 2.45) is 0 Å². The van der Waals surface area contributed by atoms with Gasteiger partial charge in [0.2, 0.25) is 0 Å². The van der Waals surface area contributed by atoms with Gasteiger partial charge in [0, 0.05) is 38.7 Å². The van der Waals surface area contributed by atoms with Gasteiger partial charge in [0.05, 0.1) is 0 Å². The van der Waals surface area contributed by atoms with Crippen LogP contribution in [0.3, 0.4) is 0 Å². The Hall–Kier alpha value is -0.930. The van der Waals surface area contributed by atoms with Crippen molar-refractivity contribution >= 4 is 34.8 Å². The van der Waals surface area contributed by atoms with Crippen molar-refractivity contribution in [1.82, 2.24) is 5.32 Å². The summed E-state index contributed by atoms with van der Waals surface area (Å²) in [6.07, 6.45) is 0.631. The molecule has 2 unspecified atom stereocenters. The van der Waals surface area contributed by atoms with E-state index in [1.54, 1.807) is 12.1 Å². The first-order chi connectivity index (χ1) is 10.1. The van der Waals surface area contributed by atoms with Crippen LogP contribution in [0, 0.1) is 0 Å².